The Hall–Kier alpha value is -0.390. The molecule has 1 aromatic rings. The van der Waals surface area contributed by atoms with Crippen LogP contribution in [0.2, 0.25) is 0 Å². The van der Waals surface area contributed by atoms with Gasteiger partial charge >= 0.3 is 0 Å². The summed E-state index contributed by atoms with van der Waals surface area (Å²) in [6.07, 6.45) is 0. The van der Waals surface area contributed by atoms with Crippen LogP contribution in [-0.4, -0.2) is 33.9 Å². The second kappa shape index (κ2) is 4.21. The van der Waals surface area contributed by atoms with Crippen LogP contribution in [0.15, 0.2) is 4.47 Å². The summed E-state index contributed by atoms with van der Waals surface area (Å²) in [5.74, 6) is 0. The quantitative estimate of drug-likeness (QED) is 0.857. The van der Waals surface area contributed by atoms with E-state index in [0.717, 1.165) is 22.4 Å². The van der Waals surface area contributed by atoms with Gasteiger partial charge in [0, 0.05) is 13.6 Å². The van der Waals surface area contributed by atoms with Gasteiger partial charge in [-0.05, 0) is 30.0 Å². The van der Waals surface area contributed by atoms with Gasteiger partial charge in [0.1, 0.15) is 0 Å². The lowest BCUT2D eigenvalue weighted by molar-refractivity contribution is 0.270. The molecule has 0 radical (unpaired) electrons. The third-order valence-corrected chi connectivity index (χ3v) is 2.70. The third-order valence-electron chi connectivity index (χ3n) is 1.78. The highest BCUT2D eigenvalue weighted by atomic mass is 79.9. The van der Waals surface area contributed by atoms with Crippen LogP contribution in [0.4, 0.5) is 0 Å². The molecule has 5 heteroatoms. The Morgan fingerprint density at radius 2 is 2.15 bits per heavy atom. The Kier molecular flexibility index (Phi) is 3.47. The number of hydrogen-bond donors (Lipinski definition) is 1. The summed E-state index contributed by atoms with van der Waals surface area (Å²) in [6.45, 7) is 0.784. The minimum Gasteiger partial charge on any atom is -0.390 e. The molecule has 0 aliphatic heterocycles. The number of aryl methyl sites for hydroxylation is 1. The minimum absolute atomic E-state index is 0.0114. The molecule has 0 saturated heterocycles. The third kappa shape index (κ3) is 2.30. The fraction of sp³-hybridized carbons (Fsp3) is 0.625. The average molecular weight is 248 g/mol. The topological polar surface area (TPSA) is 41.3 Å². The van der Waals surface area contributed by atoms with E-state index in [1.165, 1.54) is 0 Å². The highest BCUT2D eigenvalue weighted by Gasteiger charge is 2.12. The predicted octanol–water partition coefficient (Wildman–Crippen LogP) is 0.736. The first-order valence-electron chi connectivity index (χ1n) is 4.02. The van der Waals surface area contributed by atoms with Gasteiger partial charge in [-0.3, -0.25) is 4.68 Å². The molecule has 74 valence electrons. The molecule has 0 fully saturated rings. The molecule has 0 aromatic carbocycles. The van der Waals surface area contributed by atoms with Gasteiger partial charge in [0.25, 0.3) is 0 Å². The second-order valence-corrected chi connectivity index (χ2v) is 4.02. The van der Waals surface area contributed by atoms with Crippen LogP contribution in [0.3, 0.4) is 0 Å². The highest BCUT2D eigenvalue weighted by Crippen LogP contribution is 2.21. The molecule has 4 nitrogen and oxygen atoms in total. The van der Waals surface area contributed by atoms with Crippen molar-refractivity contribution in [3.05, 3.63) is 15.9 Å². The smallest absolute Gasteiger partial charge is 0.0910 e. The van der Waals surface area contributed by atoms with E-state index in [4.69, 9.17) is 5.11 Å². The fourth-order valence-corrected chi connectivity index (χ4v) is 1.75. The van der Waals surface area contributed by atoms with Crippen molar-refractivity contribution in [1.82, 2.24) is 14.7 Å². The van der Waals surface area contributed by atoms with E-state index in [1.54, 1.807) is 4.68 Å². The summed E-state index contributed by atoms with van der Waals surface area (Å²) in [5, 5.41) is 13.3. The van der Waals surface area contributed by atoms with E-state index in [1.807, 2.05) is 26.0 Å². The molecule has 0 aliphatic carbocycles. The van der Waals surface area contributed by atoms with E-state index in [-0.39, 0.29) is 6.61 Å². The Balaban J connectivity index is 2.96. The van der Waals surface area contributed by atoms with Crippen molar-refractivity contribution in [3.63, 3.8) is 0 Å². The maximum atomic E-state index is 9.04. The standard InChI is InChI=1S/C8H14BrN3O/c1-11(2)4-6-8(9)7(5-13)12(3)10-6/h13H,4-5H2,1-3H3. The van der Waals surface area contributed by atoms with Crippen molar-refractivity contribution < 1.29 is 5.11 Å². The van der Waals surface area contributed by atoms with E-state index >= 15 is 0 Å². The van der Waals surface area contributed by atoms with Gasteiger partial charge in [0.2, 0.25) is 0 Å². The SMILES string of the molecule is CN(C)Cc1nn(C)c(CO)c1Br. The average Bonchev–Trinajstić information content (AvgIpc) is 2.26. The molecule has 0 unspecified atom stereocenters. The Labute approximate surface area is 86.3 Å². The van der Waals surface area contributed by atoms with Gasteiger partial charge in [-0.25, -0.2) is 0 Å². The van der Waals surface area contributed by atoms with Crippen molar-refractivity contribution in [1.29, 1.82) is 0 Å². The molecular weight excluding hydrogens is 234 g/mol. The van der Waals surface area contributed by atoms with Crippen LogP contribution in [0.1, 0.15) is 11.4 Å². The molecule has 0 aliphatic rings. The van der Waals surface area contributed by atoms with Crippen LogP contribution in [0.5, 0.6) is 0 Å². The number of nitrogens with zero attached hydrogens (tertiary/aromatic N) is 3. The van der Waals surface area contributed by atoms with Crippen molar-refractivity contribution in [3.8, 4) is 0 Å². The zero-order valence-corrected chi connectivity index (χ0v) is 9.67. The van der Waals surface area contributed by atoms with Gasteiger partial charge in [-0.2, -0.15) is 5.10 Å². The molecule has 1 aromatic heterocycles. The monoisotopic (exact) mass is 247 g/mol. The van der Waals surface area contributed by atoms with Gasteiger partial charge < -0.3 is 10.0 Å². The number of halogens is 1. The Bertz CT molecular complexity index is 296. The largest absolute Gasteiger partial charge is 0.390 e. The molecule has 0 bridgehead atoms. The first-order chi connectivity index (χ1) is 6.06. The summed E-state index contributed by atoms with van der Waals surface area (Å²) < 4.78 is 2.61. The zero-order valence-electron chi connectivity index (χ0n) is 8.08. The molecule has 0 spiro atoms. The molecule has 0 atom stereocenters. The molecule has 0 saturated carbocycles. The van der Waals surface area contributed by atoms with Crippen molar-refractivity contribution in [2.24, 2.45) is 7.05 Å². The van der Waals surface area contributed by atoms with E-state index < -0.39 is 0 Å². The summed E-state index contributed by atoms with van der Waals surface area (Å²) >= 11 is 3.42. The lowest BCUT2D eigenvalue weighted by Crippen LogP contribution is -2.11. The molecule has 1 heterocycles. The number of aliphatic hydroxyl groups excluding tert-OH is 1. The number of hydrogen-bond acceptors (Lipinski definition) is 3. The maximum Gasteiger partial charge on any atom is 0.0910 e. The van der Waals surface area contributed by atoms with Crippen LogP contribution >= 0.6 is 15.9 Å². The van der Waals surface area contributed by atoms with E-state index in [0.29, 0.717) is 0 Å². The summed E-state index contributed by atoms with van der Waals surface area (Å²) in [4.78, 5) is 2.04. The van der Waals surface area contributed by atoms with Crippen LogP contribution in [-0.2, 0) is 20.2 Å². The highest BCUT2D eigenvalue weighted by molar-refractivity contribution is 9.10. The van der Waals surface area contributed by atoms with Crippen molar-refractivity contribution >= 4 is 15.9 Å². The first kappa shape index (κ1) is 10.7. The van der Waals surface area contributed by atoms with Gasteiger partial charge in [-0.15, -0.1) is 0 Å². The summed E-state index contributed by atoms with van der Waals surface area (Å²) in [5.41, 5.74) is 1.77. The second-order valence-electron chi connectivity index (χ2n) is 3.23. The number of aromatic nitrogens is 2. The zero-order chi connectivity index (χ0) is 10.0. The molecule has 1 rings (SSSR count). The summed E-state index contributed by atoms with van der Waals surface area (Å²) in [7, 11) is 5.80. The molecule has 13 heavy (non-hydrogen) atoms. The van der Waals surface area contributed by atoms with Crippen molar-refractivity contribution in [2.75, 3.05) is 14.1 Å². The predicted molar refractivity (Wildman–Crippen MR) is 54.2 cm³/mol. The maximum absolute atomic E-state index is 9.04. The lowest BCUT2D eigenvalue weighted by atomic mass is 10.3. The molecule has 0 amide bonds. The lowest BCUT2D eigenvalue weighted by Gasteiger charge is -2.06. The number of rotatable bonds is 3. The Morgan fingerprint density at radius 3 is 2.54 bits per heavy atom. The summed E-state index contributed by atoms with van der Waals surface area (Å²) in [6, 6.07) is 0. The fourth-order valence-electron chi connectivity index (χ4n) is 1.17. The van der Waals surface area contributed by atoms with Gasteiger partial charge in [0.05, 0.1) is 22.5 Å². The van der Waals surface area contributed by atoms with Gasteiger partial charge in [0.15, 0.2) is 0 Å². The Morgan fingerprint density at radius 1 is 1.54 bits per heavy atom. The van der Waals surface area contributed by atoms with Gasteiger partial charge in [-0.1, -0.05) is 0 Å². The molecular formula is C8H14BrN3O. The van der Waals surface area contributed by atoms with E-state index in [2.05, 4.69) is 21.0 Å². The first-order valence-corrected chi connectivity index (χ1v) is 4.81. The van der Waals surface area contributed by atoms with Crippen molar-refractivity contribution in [2.45, 2.75) is 13.2 Å². The molecule has 1 N–H and O–H groups in total. The normalized spacial score (nSPS) is 11.2. The minimum atomic E-state index is 0.0114. The van der Waals surface area contributed by atoms with E-state index in [9.17, 15) is 0 Å². The van der Waals surface area contributed by atoms with Crippen LogP contribution < -0.4 is 0 Å². The van der Waals surface area contributed by atoms with Crippen LogP contribution in [0.25, 0.3) is 0 Å². The number of aliphatic hydroxyl groups is 1. The van der Waals surface area contributed by atoms with Crippen LogP contribution in [0, 0.1) is 0 Å².